The van der Waals surface area contributed by atoms with Gasteiger partial charge in [-0.15, -0.1) is 0 Å². The Morgan fingerprint density at radius 3 is 1.48 bits per heavy atom. The molecule has 0 aromatic heterocycles. The second kappa shape index (κ2) is 19.8. The lowest BCUT2D eigenvalue weighted by molar-refractivity contribution is -0.140. The summed E-state index contributed by atoms with van der Waals surface area (Å²) in [4.78, 5) is 48.1. The fourth-order valence-corrected chi connectivity index (χ4v) is 3.34. The Morgan fingerprint density at radius 2 is 1.09 bits per heavy atom. The Kier molecular flexibility index (Phi) is 15.9. The van der Waals surface area contributed by atoms with Gasteiger partial charge in [-0.3, -0.25) is 0 Å². The van der Waals surface area contributed by atoms with Crippen LogP contribution < -0.4 is 9.47 Å². The van der Waals surface area contributed by atoms with E-state index in [1.165, 1.54) is 18.2 Å². The number of ether oxygens (including phenoxy) is 6. The van der Waals surface area contributed by atoms with Gasteiger partial charge in [0.05, 0.1) is 37.6 Å². The highest BCUT2D eigenvalue weighted by molar-refractivity contribution is 5.91. The molecule has 0 heterocycles. The number of carbonyl (C=O) groups excluding carboxylic acids is 4. The number of hydrogen-bond acceptors (Lipinski definition) is 10. The summed E-state index contributed by atoms with van der Waals surface area (Å²) in [5.74, 6) is -0.453. The first-order valence-corrected chi connectivity index (χ1v) is 14.6. The molecular weight excluding hydrogens is 592 g/mol. The molecule has 0 amide bonds. The van der Waals surface area contributed by atoms with E-state index >= 15 is 0 Å². The van der Waals surface area contributed by atoms with Gasteiger partial charge in [0.15, 0.2) is 0 Å². The molecule has 2 aromatic carbocycles. The fraction of sp³-hybridized carbons (Fsp3) is 0.278. The molecule has 2 aromatic rings. The lowest BCUT2D eigenvalue weighted by Gasteiger charge is -2.09. The minimum absolute atomic E-state index is 0.160. The van der Waals surface area contributed by atoms with Crippen molar-refractivity contribution < 1.29 is 47.6 Å². The zero-order valence-electron chi connectivity index (χ0n) is 26.5. The van der Waals surface area contributed by atoms with Crippen molar-refractivity contribution in [3.05, 3.63) is 120 Å². The molecule has 0 saturated carbocycles. The second-order valence-corrected chi connectivity index (χ2v) is 9.82. The summed E-state index contributed by atoms with van der Waals surface area (Å²) >= 11 is 0. The van der Waals surface area contributed by atoms with Crippen molar-refractivity contribution in [1.29, 1.82) is 0 Å². The van der Waals surface area contributed by atoms with Crippen LogP contribution in [0.4, 0.5) is 0 Å². The van der Waals surface area contributed by atoms with Crippen molar-refractivity contribution in [2.45, 2.75) is 40.0 Å². The van der Waals surface area contributed by atoms with E-state index in [-0.39, 0.29) is 19.0 Å². The van der Waals surface area contributed by atoms with Crippen molar-refractivity contribution in [3.8, 4) is 11.5 Å². The van der Waals surface area contributed by atoms with E-state index in [0.717, 1.165) is 0 Å². The molecular formula is C36H40O10. The molecule has 46 heavy (non-hydrogen) atoms. The van der Waals surface area contributed by atoms with Crippen molar-refractivity contribution in [2.75, 3.05) is 26.4 Å². The van der Waals surface area contributed by atoms with Crippen molar-refractivity contribution >= 4 is 23.9 Å². The third kappa shape index (κ3) is 13.5. The van der Waals surface area contributed by atoms with E-state index in [4.69, 9.17) is 28.4 Å². The van der Waals surface area contributed by atoms with Gasteiger partial charge in [0.2, 0.25) is 0 Å². The zero-order chi connectivity index (χ0) is 33.9. The summed E-state index contributed by atoms with van der Waals surface area (Å²) in [5.41, 5.74) is 1.29. The van der Waals surface area contributed by atoms with E-state index in [0.29, 0.717) is 72.0 Å². The molecule has 0 unspecified atom stereocenters. The van der Waals surface area contributed by atoms with Crippen molar-refractivity contribution in [3.63, 3.8) is 0 Å². The molecule has 10 nitrogen and oxygen atoms in total. The van der Waals surface area contributed by atoms with Gasteiger partial charge in [0, 0.05) is 30.4 Å². The minimum Gasteiger partial charge on any atom is -0.493 e. The Bertz CT molecular complexity index is 1450. The highest BCUT2D eigenvalue weighted by Gasteiger charge is 2.12. The first kappa shape index (κ1) is 36.8. The number of carbonyl (C=O) groups is 4. The minimum atomic E-state index is -0.608. The van der Waals surface area contributed by atoms with Gasteiger partial charge >= 0.3 is 23.9 Å². The predicted octanol–water partition coefficient (Wildman–Crippen LogP) is 6.84. The molecule has 0 spiro atoms. The zero-order valence-corrected chi connectivity index (χ0v) is 26.5. The first-order chi connectivity index (χ1) is 22.0. The standard InChI is InChI=1S/C36H40O10/c1-7-29(45-35(39)27-11-15-31(16-12-27)41-21-9-23-43-33(37)25(3)4)19-20-30(8-2)46-36(40)28-13-17-32(18-14-28)42-22-10-24-44-34(38)26(5)6/h7,11-20H,1,3,5,8-10,21-24H2,2,4,6H3/b29-19+,30-20+. The average molecular weight is 633 g/mol. The van der Waals surface area contributed by atoms with Crippen LogP contribution in [0.1, 0.15) is 60.7 Å². The average Bonchev–Trinajstić information content (AvgIpc) is 3.05. The molecule has 0 aliphatic carbocycles. The molecule has 0 radical (unpaired) electrons. The van der Waals surface area contributed by atoms with Crippen LogP contribution in [0.5, 0.6) is 11.5 Å². The number of rotatable bonds is 19. The van der Waals surface area contributed by atoms with Crippen molar-refractivity contribution in [1.82, 2.24) is 0 Å². The van der Waals surface area contributed by atoms with Crippen LogP contribution in [-0.2, 0) is 28.5 Å². The van der Waals surface area contributed by atoms with E-state index in [9.17, 15) is 19.2 Å². The summed E-state index contributed by atoms with van der Waals surface area (Å²) in [6.07, 6.45) is 5.79. The van der Waals surface area contributed by atoms with E-state index in [1.54, 1.807) is 62.4 Å². The van der Waals surface area contributed by atoms with Gasteiger partial charge in [0.25, 0.3) is 0 Å². The molecule has 0 saturated heterocycles. The second-order valence-electron chi connectivity index (χ2n) is 9.82. The quantitative estimate of drug-likeness (QED) is 0.0406. The number of benzene rings is 2. The molecule has 2 rings (SSSR count). The van der Waals surface area contributed by atoms with Crippen LogP contribution in [-0.4, -0.2) is 50.3 Å². The van der Waals surface area contributed by atoms with Gasteiger partial charge in [-0.05, 0) is 80.6 Å². The third-order valence-electron chi connectivity index (χ3n) is 5.88. The SMILES string of the molecule is C=C/C(=C\C=C(/CC)OC(=O)c1ccc(OCCCOC(=O)C(=C)C)cc1)OC(=O)c1ccc(OCCCOC(=O)C(=C)C)cc1. The molecule has 10 heteroatoms. The molecule has 0 aliphatic heterocycles. The fourth-order valence-electron chi connectivity index (χ4n) is 3.34. The van der Waals surface area contributed by atoms with Crippen LogP contribution >= 0.6 is 0 Å². The maximum absolute atomic E-state index is 12.7. The maximum Gasteiger partial charge on any atom is 0.343 e. The Labute approximate surface area is 269 Å². The van der Waals surface area contributed by atoms with E-state index in [1.807, 2.05) is 6.92 Å². The molecule has 244 valence electrons. The number of hydrogen-bond donors (Lipinski definition) is 0. The first-order valence-electron chi connectivity index (χ1n) is 14.6. The molecule has 0 atom stereocenters. The highest BCUT2D eigenvalue weighted by Crippen LogP contribution is 2.17. The molecule has 0 fully saturated rings. The summed E-state index contributed by atoms with van der Waals surface area (Å²) < 4.78 is 32.2. The number of esters is 4. The largest absolute Gasteiger partial charge is 0.493 e. The predicted molar refractivity (Wildman–Crippen MR) is 172 cm³/mol. The smallest absolute Gasteiger partial charge is 0.343 e. The summed E-state index contributed by atoms with van der Waals surface area (Å²) in [5, 5.41) is 0. The topological polar surface area (TPSA) is 124 Å². The summed E-state index contributed by atoms with van der Waals surface area (Å²) in [7, 11) is 0. The van der Waals surface area contributed by atoms with Gasteiger partial charge in [-0.1, -0.05) is 26.7 Å². The van der Waals surface area contributed by atoms with Crippen LogP contribution in [0.3, 0.4) is 0 Å². The monoisotopic (exact) mass is 632 g/mol. The molecule has 0 aliphatic rings. The van der Waals surface area contributed by atoms with Gasteiger partial charge in [-0.2, -0.15) is 0 Å². The van der Waals surface area contributed by atoms with Crippen molar-refractivity contribution in [2.24, 2.45) is 0 Å². The normalized spacial score (nSPS) is 11.1. The van der Waals surface area contributed by atoms with E-state index < -0.39 is 23.9 Å². The van der Waals surface area contributed by atoms with Gasteiger partial charge < -0.3 is 28.4 Å². The third-order valence-corrected chi connectivity index (χ3v) is 5.88. The summed E-state index contributed by atoms with van der Waals surface area (Å²) in [6.45, 7) is 16.8. The number of allylic oxidation sites excluding steroid dienone is 4. The Balaban J connectivity index is 1.85. The van der Waals surface area contributed by atoms with Crippen LogP contribution in [0.2, 0.25) is 0 Å². The molecule has 0 N–H and O–H groups in total. The lowest BCUT2D eigenvalue weighted by atomic mass is 10.2. The van der Waals surface area contributed by atoms with Crippen LogP contribution in [0, 0.1) is 0 Å². The highest BCUT2D eigenvalue weighted by atomic mass is 16.5. The summed E-state index contributed by atoms with van der Waals surface area (Å²) in [6, 6.07) is 12.8. The van der Waals surface area contributed by atoms with E-state index in [2.05, 4.69) is 19.7 Å². The lowest BCUT2D eigenvalue weighted by Crippen LogP contribution is -2.09. The maximum atomic E-state index is 12.7. The van der Waals surface area contributed by atoms with Crippen LogP contribution in [0.15, 0.2) is 109 Å². The van der Waals surface area contributed by atoms with Gasteiger partial charge in [-0.25, -0.2) is 19.2 Å². The Hall–Kier alpha value is -5.38. The van der Waals surface area contributed by atoms with Gasteiger partial charge in [0.1, 0.15) is 23.0 Å². The molecule has 0 bridgehead atoms. The Morgan fingerprint density at radius 1 is 0.652 bits per heavy atom. The van der Waals surface area contributed by atoms with Crippen LogP contribution in [0.25, 0.3) is 0 Å².